The molecule has 1 saturated carbocycles. The van der Waals surface area contributed by atoms with Gasteiger partial charge in [-0.1, -0.05) is 48.7 Å². The van der Waals surface area contributed by atoms with E-state index in [9.17, 15) is 27.9 Å². The molecule has 0 aromatic heterocycles. The summed E-state index contributed by atoms with van der Waals surface area (Å²) < 4.78 is 64.9. The van der Waals surface area contributed by atoms with Crippen LogP contribution in [0.5, 0.6) is 0 Å². The smallest absolute Gasteiger partial charge is 0.416 e. The summed E-state index contributed by atoms with van der Waals surface area (Å²) in [6.45, 7) is 3.71. The van der Waals surface area contributed by atoms with Gasteiger partial charge in [-0.3, -0.25) is 14.5 Å². The number of nitrogens with zero attached hydrogens (tertiary/aromatic N) is 3. The van der Waals surface area contributed by atoms with Crippen LogP contribution in [0.2, 0.25) is 0 Å². The van der Waals surface area contributed by atoms with Crippen LogP contribution in [-0.4, -0.2) is 91.5 Å². The average Bonchev–Trinajstić information content (AvgIpc) is 3.81. The molecule has 0 bridgehead atoms. The first-order chi connectivity index (χ1) is 22.4. The van der Waals surface area contributed by atoms with Crippen molar-refractivity contribution in [3.63, 3.8) is 0 Å². The number of carbonyl (C=O) groups excluding carboxylic acids is 1. The van der Waals surface area contributed by atoms with Crippen molar-refractivity contribution in [2.24, 2.45) is 11.8 Å². The van der Waals surface area contributed by atoms with Gasteiger partial charge in [0.25, 0.3) is 5.91 Å². The summed E-state index contributed by atoms with van der Waals surface area (Å²) in [7, 11) is 1.55. The Hall–Kier alpha value is -3.18. The van der Waals surface area contributed by atoms with Crippen LogP contribution in [0.15, 0.2) is 42.5 Å². The molecule has 4 aliphatic rings. The largest absolute Gasteiger partial charge is 0.481 e. The fraction of sp³-hybridized carbons (Fsp3) is 0.611. The Labute approximate surface area is 273 Å². The van der Waals surface area contributed by atoms with Gasteiger partial charge in [0, 0.05) is 75.9 Å². The van der Waals surface area contributed by atoms with E-state index in [-0.39, 0.29) is 44.1 Å². The molecule has 47 heavy (non-hydrogen) atoms. The van der Waals surface area contributed by atoms with Crippen LogP contribution in [0.3, 0.4) is 0 Å². The van der Waals surface area contributed by atoms with E-state index >= 15 is 4.39 Å². The van der Waals surface area contributed by atoms with Crippen LogP contribution < -0.4 is 4.90 Å². The van der Waals surface area contributed by atoms with Crippen molar-refractivity contribution >= 4 is 17.6 Å². The molecule has 1 amide bonds. The maximum absolute atomic E-state index is 17.6. The highest BCUT2D eigenvalue weighted by Gasteiger charge is 2.57. The number of ether oxygens (including phenoxy) is 1. The zero-order valence-corrected chi connectivity index (χ0v) is 27.1. The molecule has 3 aliphatic heterocycles. The number of hydrogen-bond acceptors (Lipinski definition) is 5. The molecule has 6 rings (SSSR count). The minimum atomic E-state index is -4.56. The second-order valence-corrected chi connectivity index (χ2v) is 14.1. The molecule has 3 heterocycles. The van der Waals surface area contributed by atoms with Crippen molar-refractivity contribution in [2.45, 2.75) is 75.2 Å². The van der Waals surface area contributed by atoms with Crippen molar-refractivity contribution < 1.29 is 37.0 Å². The number of halogens is 4. The van der Waals surface area contributed by atoms with Crippen LogP contribution in [0, 0.1) is 18.8 Å². The number of carbonyl (C=O) groups is 2. The minimum Gasteiger partial charge on any atom is -0.481 e. The average molecular weight is 660 g/mol. The molecule has 7 nitrogen and oxygen atoms in total. The molecule has 0 unspecified atom stereocenters. The molecule has 11 heteroatoms. The van der Waals surface area contributed by atoms with E-state index in [1.807, 2.05) is 36.1 Å². The monoisotopic (exact) mass is 659 g/mol. The number of piperidine rings is 1. The second-order valence-electron chi connectivity index (χ2n) is 14.1. The Bertz CT molecular complexity index is 1440. The van der Waals surface area contributed by atoms with Crippen molar-refractivity contribution in [3.8, 4) is 0 Å². The molecular weight excluding hydrogens is 614 g/mol. The Morgan fingerprint density at radius 1 is 0.979 bits per heavy atom. The van der Waals surface area contributed by atoms with E-state index in [2.05, 4.69) is 4.90 Å². The summed E-state index contributed by atoms with van der Waals surface area (Å²) in [6.07, 6.45) is 0.267. The van der Waals surface area contributed by atoms with Crippen molar-refractivity contribution in [3.05, 3.63) is 64.7 Å². The Kier molecular flexibility index (Phi) is 9.60. The van der Waals surface area contributed by atoms with E-state index in [1.165, 1.54) is 6.07 Å². The fourth-order valence-electron chi connectivity index (χ4n) is 8.49. The van der Waals surface area contributed by atoms with Gasteiger partial charge in [-0.15, -0.1) is 0 Å². The number of alkyl halides is 4. The molecule has 1 aliphatic carbocycles. The predicted octanol–water partition coefficient (Wildman–Crippen LogP) is 6.25. The summed E-state index contributed by atoms with van der Waals surface area (Å²) in [5, 5.41) is 9.49. The standard InChI is InChI=1S/C36H45F4N3O4/c1-23-7-9-24(10-8-23)31-20-43(28-5-3-4-6-28)22-35(31,37)34(46)42-18-26(21-47-2)30(19-42)29-12-11-27(36(38,39)40)17-32(29)41-15-13-25(14-16-41)33(44)45/h7-12,17,25-26,28,30-31H,3-6,13-16,18-22H2,1-2H3,(H,44,45)/t26-,30+,31+,35+/m1/s1. The number of amides is 1. The van der Waals surface area contributed by atoms with Gasteiger partial charge in [0.1, 0.15) is 0 Å². The van der Waals surface area contributed by atoms with Gasteiger partial charge < -0.3 is 19.6 Å². The van der Waals surface area contributed by atoms with Crippen molar-refractivity contribution in [1.82, 2.24) is 9.80 Å². The third kappa shape index (κ3) is 6.75. The van der Waals surface area contributed by atoms with E-state index in [1.54, 1.807) is 12.0 Å². The summed E-state index contributed by atoms with van der Waals surface area (Å²) in [6, 6.07) is 11.7. The number of benzene rings is 2. The lowest BCUT2D eigenvalue weighted by Gasteiger charge is -2.35. The minimum absolute atomic E-state index is 0.0230. The second kappa shape index (κ2) is 13.4. The van der Waals surface area contributed by atoms with E-state index in [0.717, 1.165) is 48.9 Å². The quantitative estimate of drug-likeness (QED) is 0.338. The summed E-state index contributed by atoms with van der Waals surface area (Å²) >= 11 is 0. The zero-order valence-electron chi connectivity index (χ0n) is 27.1. The lowest BCUT2D eigenvalue weighted by Crippen LogP contribution is -2.50. The van der Waals surface area contributed by atoms with Gasteiger partial charge >= 0.3 is 12.1 Å². The first kappa shape index (κ1) is 33.7. The maximum atomic E-state index is 17.6. The van der Waals surface area contributed by atoms with Gasteiger partial charge in [-0.05, 0) is 55.9 Å². The number of hydrogen-bond donors (Lipinski definition) is 1. The third-order valence-electron chi connectivity index (χ3n) is 11.1. The topological polar surface area (TPSA) is 73.3 Å². The fourth-order valence-corrected chi connectivity index (χ4v) is 8.49. The first-order valence-electron chi connectivity index (χ1n) is 16.9. The van der Waals surface area contributed by atoms with Gasteiger partial charge in [0.15, 0.2) is 0 Å². The number of aliphatic carboxylic acids is 1. The van der Waals surface area contributed by atoms with Crippen LogP contribution >= 0.6 is 0 Å². The summed E-state index contributed by atoms with van der Waals surface area (Å²) in [4.78, 5) is 31.6. The molecule has 3 saturated heterocycles. The molecule has 4 fully saturated rings. The van der Waals surface area contributed by atoms with E-state index in [0.29, 0.717) is 43.7 Å². The number of rotatable bonds is 8. The molecule has 0 radical (unpaired) electrons. The molecule has 4 atom stereocenters. The molecular formula is C36H45F4N3O4. The molecule has 256 valence electrons. The van der Waals surface area contributed by atoms with Crippen LogP contribution in [-0.2, 0) is 20.5 Å². The zero-order chi connectivity index (χ0) is 33.5. The Morgan fingerprint density at radius 2 is 1.66 bits per heavy atom. The van der Waals surface area contributed by atoms with Gasteiger partial charge in [-0.2, -0.15) is 13.2 Å². The van der Waals surface area contributed by atoms with Gasteiger partial charge in [-0.25, -0.2) is 4.39 Å². The highest BCUT2D eigenvalue weighted by Crippen LogP contribution is 2.47. The first-order valence-corrected chi connectivity index (χ1v) is 16.9. The SMILES string of the molecule is COC[C@H]1CN(C(=O)[C@]2(F)CN(C3CCCC3)C[C@H]2c2ccc(C)cc2)C[C@@H]1c1ccc(C(F)(F)F)cc1N1CCC(C(=O)O)CC1. The lowest BCUT2D eigenvalue weighted by atomic mass is 9.85. The highest BCUT2D eigenvalue weighted by atomic mass is 19.4. The molecule has 2 aromatic rings. The molecule has 0 spiro atoms. The Balaban J connectivity index is 1.31. The number of carboxylic acids is 1. The highest BCUT2D eigenvalue weighted by molar-refractivity contribution is 5.88. The summed E-state index contributed by atoms with van der Waals surface area (Å²) in [5.74, 6) is -3.29. The normalized spacial score (nSPS) is 28.0. The van der Waals surface area contributed by atoms with E-state index in [4.69, 9.17) is 4.74 Å². The maximum Gasteiger partial charge on any atom is 0.416 e. The van der Waals surface area contributed by atoms with Crippen LogP contribution in [0.4, 0.5) is 23.2 Å². The lowest BCUT2D eigenvalue weighted by molar-refractivity contribution is -0.143. The van der Waals surface area contributed by atoms with E-state index < -0.39 is 41.1 Å². The van der Waals surface area contributed by atoms with Crippen LogP contribution in [0.1, 0.15) is 72.6 Å². The molecule has 2 aromatic carbocycles. The Morgan fingerprint density at radius 3 is 2.28 bits per heavy atom. The third-order valence-corrected chi connectivity index (χ3v) is 11.1. The van der Waals surface area contributed by atoms with Gasteiger partial charge in [0.05, 0.1) is 18.1 Å². The number of carboxylic acid groups (broad SMARTS) is 1. The number of anilines is 1. The summed E-state index contributed by atoms with van der Waals surface area (Å²) in [5.41, 5.74) is -0.0414. The van der Waals surface area contributed by atoms with Crippen molar-refractivity contribution in [1.29, 1.82) is 0 Å². The van der Waals surface area contributed by atoms with Gasteiger partial charge in [0.2, 0.25) is 5.67 Å². The van der Waals surface area contributed by atoms with Crippen LogP contribution in [0.25, 0.3) is 0 Å². The predicted molar refractivity (Wildman–Crippen MR) is 170 cm³/mol. The molecule has 1 N–H and O–H groups in total. The number of likely N-dealkylation sites (tertiary alicyclic amines) is 2. The van der Waals surface area contributed by atoms with Crippen molar-refractivity contribution in [2.75, 3.05) is 57.9 Å². The number of methoxy groups -OCH3 is 1. The number of aryl methyl sites for hydroxylation is 1.